The van der Waals surface area contributed by atoms with Crippen LogP contribution in [0.2, 0.25) is 0 Å². The first kappa shape index (κ1) is 39.7. The van der Waals surface area contributed by atoms with Crippen molar-refractivity contribution < 1.29 is 9.47 Å². The van der Waals surface area contributed by atoms with E-state index in [0.717, 1.165) is 56.4 Å². The predicted octanol–water partition coefficient (Wildman–Crippen LogP) is 15.1. The predicted molar refractivity (Wildman–Crippen MR) is 281 cm³/mol. The fourth-order valence-corrected chi connectivity index (χ4v) is 11.2. The van der Waals surface area contributed by atoms with Gasteiger partial charge >= 0.3 is 0 Å². The highest BCUT2D eigenvalue weighted by molar-refractivity contribution is 6.10. The van der Waals surface area contributed by atoms with Crippen molar-refractivity contribution in [1.29, 1.82) is 0 Å². The highest BCUT2D eigenvalue weighted by Gasteiger charge is 2.39. The third kappa shape index (κ3) is 5.69. The van der Waals surface area contributed by atoms with E-state index in [0.29, 0.717) is 61.1 Å². The number of anilines is 6. The van der Waals surface area contributed by atoms with Crippen molar-refractivity contribution in [3.05, 3.63) is 279 Å². The molecule has 0 unspecified atom stereocenters. The van der Waals surface area contributed by atoms with Crippen LogP contribution in [0.5, 0.6) is 23.0 Å². The Kier molecular flexibility index (Phi) is 8.66. The monoisotopic (exact) mass is 901 g/mol. The second kappa shape index (κ2) is 15.3. The molecule has 10 aromatic carbocycles. The zero-order valence-electron chi connectivity index (χ0n) is 37.5. The SMILES string of the molecule is O=c1c2cc(N3c4ccccc4Oc4ccccc43)ccc2n2c3ccc(N4c5ccccc5Oc5ccccc54)cc3c(=O)c3cc(C(c4ccccc4)(c4ccccc4)c4ccccc4)cc1c32. The van der Waals surface area contributed by atoms with Gasteiger partial charge in [0.05, 0.1) is 44.7 Å². The average molecular weight is 902 g/mol. The van der Waals surface area contributed by atoms with Crippen LogP contribution in [-0.4, -0.2) is 4.40 Å². The molecule has 0 saturated heterocycles. The fraction of sp³-hybridized carbons (Fsp3) is 0.0159. The normalized spacial score (nSPS) is 12.9. The van der Waals surface area contributed by atoms with E-state index in [9.17, 15) is 0 Å². The van der Waals surface area contributed by atoms with E-state index in [2.05, 4.69) is 99.1 Å². The first-order chi connectivity index (χ1) is 34.6. The second-order valence-electron chi connectivity index (χ2n) is 17.9. The van der Waals surface area contributed by atoms with E-state index in [4.69, 9.17) is 9.47 Å². The second-order valence-corrected chi connectivity index (χ2v) is 17.9. The van der Waals surface area contributed by atoms with Gasteiger partial charge in [-0.05, 0) is 119 Å². The fourth-order valence-electron chi connectivity index (χ4n) is 11.2. The maximum Gasteiger partial charge on any atom is 0.197 e. The molecule has 330 valence electrons. The van der Waals surface area contributed by atoms with Crippen molar-refractivity contribution in [2.75, 3.05) is 9.80 Å². The van der Waals surface area contributed by atoms with Crippen molar-refractivity contribution in [1.82, 2.24) is 4.40 Å². The summed E-state index contributed by atoms with van der Waals surface area (Å²) < 4.78 is 14.9. The van der Waals surface area contributed by atoms with E-state index in [1.807, 2.05) is 152 Å². The van der Waals surface area contributed by atoms with Crippen LogP contribution in [0.15, 0.2) is 246 Å². The number of hydrogen-bond acceptors (Lipinski definition) is 6. The summed E-state index contributed by atoms with van der Waals surface area (Å²) in [5, 5.41) is 1.93. The molecule has 0 saturated carbocycles. The van der Waals surface area contributed by atoms with Gasteiger partial charge in [0.1, 0.15) is 0 Å². The Morgan fingerprint density at radius 1 is 0.314 bits per heavy atom. The number of pyridine rings is 2. The first-order valence-electron chi connectivity index (χ1n) is 23.4. The maximum absolute atomic E-state index is 15.9. The number of fused-ring (bicyclic) bond motifs is 8. The molecule has 2 aliphatic heterocycles. The molecule has 0 radical (unpaired) electrons. The quantitative estimate of drug-likeness (QED) is 0.0941. The van der Waals surface area contributed by atoms with Crippen molar-refractivity contribution in [2.45, 2.75) is 5.41 Å². The molecule has 0 aliphatic carbocycles. The molecule has 0 fully saturated rings. The zero-order valence-corrected chi connectivity index (χ0v) is 37.5. The molecule has 0 atom stereocenters. The molecule has 2 aromatic heterocycles. The minimum Gasteiger partial charge on any atom is -0.453 e. The molecule has 4 heterocycles. The Balaban J connectivity index is 1.12. The summed E-state index contributed by atoms with van der Waals surface area (Å²) in [7, 11) is 0. The van der Waals surface area contributed by atoms with Gasteiger partial charge in [-0.2, -0.15) is 0 Å². The molecular weight excluding hydrogens is 863 g/mol. The van der Waals surface area contributed by atoms with Crippen LogP contribution in [-0.2, 0) is 5.41 Å². The van der Waals surface area contributed by atoms with Gasteiger partial charge in [-0.1, -0.05) is 140 Å². The number of benzene rings is 10. The average Bonchev–Trinajstić information content (AvgIpc) is 3.42. The summed E-state index contributed by atoms with van der Waals surface area (Å²) in [6, 6.07) is 79.3. The van der Waals surface area contributed by atoms with Gasteiger partial charge in [-0.25, -0.2) is 0 Å². The van der Waals surface area contributed by atoms with Crippen LogP contribution in [0.25, 0.3) is 38.1 Å². The molecule has 2 aliphatic rings. The summed E-state index contributed by atoms with van der Waals surface area (Å²) in [4.78, 5) is 36.1. The van der Waals surface area contributed by atoms with Crippen LogP contribution in [0, 0.1) is 0 Å². The van der Waals surface area contributed by atoms with E-state index >= 15 is 9.59 Å². The zero-order chi connectivity index (χ0) is 46.5. The van der Waals surface area contributed by atoms with Crippen molar-refractivity contribution >= 4 is 72.2 Å². The number of para-hydroxylation sites is 8. The molecule has 7 heteroatoms. The third-order valence-corrected chi connectivity index (χ3v) is 14.2. The van der Waals surface area contributed by atoms with E-state index in [1.54, 1.807) is 0 Å². The van der Waals surface area contributed by atoms with Crippen LogP contribution >= 0.6 is 0 Å². The number of aromatic nitrogens is 1. The number of hydrogen-bond donors (Lipinski definition) is 0. The Labute approximate surface area is 401 Å². The molecule has 14 rings (SSSR count). The van der Waals surface area contributed by atoms with E-state index in [-0.39, 0.29) is 10.9 Å². The minimum atomic E-state index is -0.937. The molecule has 0 N–H and O–H groups in total. The minimum absolute atomic E-state index is 0.168. The van der Waals surface area contributed by atoms with Gasteiger partial charge in [0, 0.05) is 32.9 Å². The molecule has 0 spiro atoms. The van der Waals surface area contributed by atoms with Gasteiger partial charge in [-0.3, -0.25) is 9.59 Å². The Morgan fingerprint density at radius 2 is 0.643 bits per heavy atom. The Bertz CT molecular complexity index is 3800. The topological polar surface area (TPSA) is 63.5 Å². The largest absolute Gasteiger partial charge is 0.453 e. The van der Waals surface area contributed by atoms with Crippen LogP contribution in [0.3, 0.4) is 0 Å². The lowest BCUT2D eigenvalue weighted by atomic mass is 9.65. The van der Waals surface area contributed by atoms with Crippen molar-refractivity contribution in [3.8, 4) is 23.0 Å². The summed E-state index contributed by atoms with van der Waals surface area (Å²) in [5.74, 6) is 2.87. The Morgan fingerprint density at radius 3 is 1.00 bits per heavy atom. The smallest absolute Gasteiger partial charge is 0.197 e. The van der Waals surface area contributed by atoms with Gasteiger partial charge in [0.2, 0.25) is 0 Å². The standard InChI is InChI=1S/C63H39N3O4/c67-61-46-38-44(64-52-24-10-14-28-56(52)69-57-29-15-11-25-53(57)64)32-34-50(46)66-51-35-33-45(65-54-26-12-16-30-58(54)70-59-31-17-13-27-55(59)65)39-47(51)62(68)49-37-43(36-48(61)60(49)66)63(40-18-4-1-5-19-40,41-20-6-2-7-21-41)42-22-8-3-9-23-42/h1-39H. The van der Waals surface area contributed by atoms with Crippen molar-refractivity contribution in [2.24, 2.45) is 0 Å². The number of nitrogens with zero attached hydrogens (tertiary/aromatic N) is 3. The summed E-state index contributed by atoms with van der Waals surface area (Å²) in [5.41, 5.74) is 9.54. The molecule has 0 amide bonds. The third-order valence-electron chi connectivity index (χ3n) is 14.2. The summed E-state index contributed by atoms with van der Waals surface area (Å²) in [6.07, 6.45) is 0. The highest BCUT2D eigenvalue weighted by atomic mass is 16.5. The molecule has 12 aromatic rings. The first-order valence-corrected chi connectivity index (χ1v) is 23.4. The lowest BCUT2D eigenvalue weighted by Crippen LogP contribution is -2.31. The van der Waals surface area contributed by atoms with Crippen LogP contribution in [0.1, 0.15) is 22.3 Å². The molecular formula is C63H39N3O4. The summed E-state index contributed by atoms with van der Waals surface area (Å²) >= 11 is 0. The number of ether oxygens (including phenoxy) is 2. The summed E-state index contributed by atoms with van der Waals surface area (Å²) in [6.45, 7) is 0. The van der Waals surface area contributed by atoms with Crippen molar-refractivity contribution in [3.63, 3.8) is 0 Å². The molecule has 7 nitrogen and oxygen atoms in total. The lowest BCUT2D eigenvalue weighted by molar-refractivity contribution is 0.477. The van der Waals surface area contributed by atoms with E-state index < -0.39 is 5.41 Å². The highest BCUT2D eigenvalue weighted by Crippen LogP contribution is 2.53. The lowest BCUT2D eigenvalue weighted by Gasteiger charge is -2.37. The molecule has 0 bridgehead atoms. The molecule has 70 heavy (non-hydrogen) atoms. The van der Waals surface area contributed by atoms with Gasteiger partial charge < -0.3 is 23.7 Å². The Hall–Kier alpha value is -9.46. The van der Waals surface area contributed by atoms with Gasteiger partial charge in [0.25, 0.3) is 0 Å². The van der Waals surface area contributed by atoms with E-state index in [1.165, 1.54) is 0 Å². The maximum atomic E-state index is 15.9. The van der Waals surface area contributed by atoms with Crippen LogP contribution in [0.4, 0.5) is 34.1 Å². The van der Waals surface area contributed by atoms with Gasteiger partial charge in [-0.15, -0.1) is 0 Å². The number of rotatable bonds is 6. The van der Waals surface area contributed by atoms with Crippen LogP contribution < -0.4 is 30.1 Å². The van der Waals surface area contributed by atoms with Gasteiger partial charge in [0.15, 0.2) is 33.9 Å².